The molecule has 27 heavy (non-hydrogen) atoms. The average molecular weight is 382 g/mol. The predicted octanol–water partition coefficient (Wildman–Crippen LogP) is 4.81. The van der Waals surface area contributed by atoms with E-state index in [0.29, 0.717) is 28.2 Å². The van der Waals surface area contributed by atoms with Crippen molar-refractivity contribution in [2.75, 3.05) is 16.0 Å². The highest BCUT2D eigenvalue weighted by Crippen LogP contribution is 2.28. The van der Waals surface area contributed by atoms with Crippen LogP contribution in [0.2, 0.25) is 5.02 Å². The van der Waals surface area contributed by atoms with E-state index in [1.807, 2.05) is 30.3 Å². The monoisotopic (exact) mass is 381 g/mol. The lowest BCUT2D eigenvalue weighted by Crippen LogP contribution is -2.08. The first kappa shape index (κ1) is 17.1. The van der Waals surface area contributed by atoms with Crippen molar-refractivity contribution < 1.29 is 9.90 Å². The van der Waals surface area contributed by atoms with Crippen molar-refractivity contribution in [2.45, 2.75) is 12.8 Å². The third kappa shape index (κ3) is 4.09. The third-order valence-corrected chi connectivity index (χ3v) is 4.41. The molecule has 0 spiro atoms. The van der Waals surface area contributed by atoms with Gasteiger partial charge in [0.1, 0.15) is 5.02 Å². The Morgan fingerprint density at radius 2 is 1.89 bits per heavy atom. The number of aromatic nitrogens is 2. The zero-order valence-electron chi connectivity index (χ0n) is 14.2. The fourth-order valence-corrected chi connectivity index (χ4v) is 3.12. The Morgan fingerprint density at radius 1 is 1.07 bits per heavy atom. The minimum Gasteiger partial charge on any atom is -0.465 e. The van der Waals surface area contributed by atoms with E-state index in [-0.39, 0.29) is 0 Å². The molecule has 4 N–H and O–H groups in total. The second-order valence-corrected chi connectivity index (χ2v) is 6.60. The van der Waals surface area contributed by atoms with Crippen molar-refractivity contribution >= 4 is 46.5 Å². The summed E-state index contributed by atoms with van der Waals surface area (Å²) in [7, 11) is 0. The lowest BCUT2D eigenvalue weighted by molar-refractivity contribution is 0.210. The number of carbonyl (C=O) groups is 1. The molecule has 0 aliphatic carbocycles. The average Bonchev–Trinajstić information content (AvgIpc) is 2.62. The van der Waals surface area contributed by atoms with Gasteiger partial charge in [0.15, 0.2) is 5.82 Å². The first-order valence-corrected chi connectivity index (χ1v) is 8.72. The highest BCUT2D eigenvalue weighted by atomic mass is 35.5. The van der Waals surface area contributed by atoms with Gasteiger partial charge in [-0.15, -0.1) is 0 Å². The molecule has 0 radical (unpaired) electrons. The summed E-state index contributed by atoms with van der Waals surface area (Å²) < 4.78 is 0. The van der Waals surface area contributed by atoms with E-state index in [0.717, 1.165) is 29.7 Å². The summed E-state index contributed by atoms with van der Waals surface area (Å²) in [6.07, 6.45) is 1.97. The van der Waals surface area contributed by atoms with Crippen LogP contribution >= 0.6 is 11.6 Å². The number of nitrogens with zero attached hydrogens (tertiary/aromatic N) is 2. The Labute approximate surface area is 160 Å². The zero-order chi connectivity index (χ0) is 18.8. The molecule has 1 aliphatic heterocycles. The van der Waals surface area contributed by atoms with Gasteiger partial charge in [0.2, 0.25) is 5.95 Å². The van der Waals surface area contributed by atoms with E-state index in [1.54, 1.807) is 6.07 Å². The van der Waals surface area contributed by atoms with Gasteiger partial charge in [-0.2, -0.15) is 4.98 Å². The van der Waals surface area contributed by atoms with E-state index in [4.69, 9.17) is 16.7 Å². The molecule has 136 valence electrons. The zero-order valence-corrected chi connectivity index (χ0v) is 14.9. The maximum Gasteiger partial charge on any atom is 0.409 e. The highest BCUT2D eigenvalue weighted by Gasteiger charge is 2.11. The molecule has 0 unspecified atom stereocenters. The molecular formula is C19H16ClN5O2. The number of fused-ring (bicyclic) bond motifs is 6. The van der Waals surface area contributed by atoms with Crippen LogP contribution in [0.25, 0.3) is 0 Å². The highest BCUT2D eigenvalue weighted by molar-refractivity contribution is 6.32. The molecule has 0 fully saturated rings. The summed E-state index contributed by atoms with van der Waals surface area (Å²) in [5, 5.41) is 18.2. The molecule has 8 heteroatoms. The number of rotatable bonds is 1. The number of benzene rings is 2. The van der Waals surface area contributed by atoms with Crippen LogP contribution in [-0.4, -0.2) is 21.2 Å². The van der Waals surface area contributed by atoms with Crippen molar-refractivity contribution in [1.29, 1.82) is 0 Å². The molecule has 2 aromatic carbocycles. The lowest BCUT2D eigenvalue weighted by atomic mass is 10.0. The second-order valence-electron chi connectivity index (χ2n) is 6.19. The molecule has 1 amide bonds. The van der Waals surface area contributed by atoms with Crippen molar-refractivity contribution in [3.63, 3.8) is 0 Å². The van der Waals surface area contributed by atoms with Crippen molar-refractivity contribution in [3.8, 4) is 0 Å². The Balaban J connectivity index is 1.81. The van der Waals surface area contributed by atoms with Crippen LogP contribution in [0.15, 0.2) is 48.7 Å². The number of halogens is 1. The quantitative estimate of drug-likeness (QED) is 0.483. The molecule has 1 aromatic heterocycles. The first-order chi connectivity index (χ1) is 13.0. The SMILES string of the molecule is O=C(O)Nc1cc2cc(c1)Nc1nc(ncc1Cl)Nc1cccc(c1)CC2. The molecule has 2 heterocycles. The maximum atomic E-state index is 11.1. The van der Waals surface area contributed by atoms with Gasteiger partial charge in [-0.05, 0) is 54.3 Å². The van der Waals surface area contributed by atoms with E-state index in [9.17, 15) is 4.79 Å². The van der Waals surface area contributed by atoms with Crippen LogP contribution in [0, 0.1) is 0 Å². The topological polar surface area (TPSA) is 99.2 Å². The predicted molar refractivity (Wildman–Crippen MR) is 106 cm³/mol. The Hall–Kier alpha value is -3.32. The maximum absolute atomic E-state index is 11.1. The van der Waals surface area contributed by atoms with Gasteiger partial charge in [0.25, 0.3) is 0 Å². The Kier molecular flexibility index (Phi) is 4.52. The number of anilines is 5. The fraction of sp³-hybridized carbons (Fsp3) is 0.105. The number of carboxylic acid groups (broad SMARTS) is 1. The largest absolute Gasteiger partial charge is 0.465 e. The molecule has 0 saturated heterocycles. The van der Waals surface area contributed by atoms with Crippen molar-refractivity contribution in [1.82, 2.24) is 9.97 Å². The Morgan fingerprint density at radius 3 is 2.74 bits per heavy atom. The minimum atomic E-state index is -1.12. The number of hydrogen-bond donors (Lipinski definition) is 4. The lowest BCUT2D eigenvalue weighted by Gasteiger charge is -2.12. The first-order valence-electron chi connectivity index (χ1n) is 8.34. The van der Waals surface area contributed by atoms with Crippen LogP contribution < -0.4 is 16.0 Å². The number of hydrogen-bond acceptors (Lipinski definition) is 5. The van der Waals surface area contributed by atoms with Gasteiger partial charge in [-0.3, -0.25) is 5.32 Å². The van der Waals surface area contributed by atoms with Gasteiger partial charge >= 0.3 is 6.09 Å². The van der Waals surface area contributed by atoms with Crippen molar-refractivity contribution in [3.05, 3.63) is 64.8 Å². The summed E-state index contributed by atoms with van der Waals surface area (Å²) in [5.41, 5.74) is 4.20. The molecule has 6 bridgehead atoms. The second kappa shape index (κ2) is 7.13. The van der Waals surface area contributed by atoms with Crippen molar-refractivity contribution in [2.24, 2.45) is 0 Å². The molecular weight excluding hydrogens is 366 g/mol. The summed E-state index contributed by atoms with van der Waals surface area (Å²) in [6, 6.07) is 13.5. The summed E-state index contributed by atoms with van der Waals surface area (Å²) in [4.78, 5) is 19.7. The number of amides is 1. The molecule has 0 saturated carbocycles. The normalized spacial score (nSPS) is 12.5. The van der Waals surface area contributed by atoms with E-state index in [2.05, 4.69) is 32.0 Å². The third-order valence-electron chi connectivity index (χ3n) is 4.14. The number of nitrogens with one attached hydrogen (secondary N) is 3. The van der Waals surface area contributed by atoms with Gasteiger partial charge in [0.05, 0.1) is 6.20 Å². The summed E-state index contributed by atoms with van der Waals surface area (Å²) >= 11 is 6.23. The van der Waals surface area contributed by atoms with E-state index >= 15 is 0 Å². The van der Waals surface area contributed by atoms with Crippen LogP contribution in [0.5, 0.6) is 0 Å². The van der Waals surface area contributed by atoms with E-state index in [1.165, 1.54) is 6.20 Å². The summed E-state index contributed by atoms with van der Waals surface area (Å²) in [6.45, 7) is 0. The summed E-state index contributed by atoms with van der Waals surface area (Å²) in [5.74, 6) is 0.848. The van der Waals surface area contributed by atoms with Crippen LogP contribution in [0.1, 0.15) is 11.1 Å². The smallest absolute Gasteiger partial charge is 0.409 e. The van der Waals surface area contributed by atoms with Gasteiger partial charge in [-0.25, -0.2) is 9.78 Å². The Bertz CT molecular complexity index is 1020. The number of aryl methyl sites for hydroxylation is 2. The molecule has 0 atom stereocenters. The molecule has 3 aromatic rings. The van der Waals surface area contributed by atoms with Crippen LogP contribution in [-0.2, 0) is 12.8 Å². The van der Waals surface area contributed by atoms with E-state index < -0.39 is 6.09 Å². The molecule has 1 aliphatic rings. The minimum absolute atomic E-state index is 0.363. The standard InChI is InChI=1S/C19H16ClN5O2/c20-16-10-21-18-23-13-3-1-2-11(6-13)4-5-12-7-14(22-17(16)25-18)9-15(8-12)24-19(26)27/h1-3,6-10,24H,4-5H2,(H,26,27)(H2,21,22,23,25). The fourth-order valence-electron chi connectivity index (χ4n) is 2.98. The van der Waals surface area contributed by atoms with Gasteiger partial charge < -0.3 is 15.7 Å². The molecule has 4 rings (SSSR count). The molecule has 7 nitrogen and oxygen atoms in total. The van der Waals surface area contributed by atoms with Gasteiger partial charge in [0, 0.05) is 17.1 Å². The van der Waals surface area contributed by atoms with Crippen LogP contribution in [0.3, 0.4) is 0 Å². The van der Waals surface area contributed by atoms with Crippen LogP contribution in [0.4, 0.5) is 33.6 Å². The van der Waals surface area contributed by atoms with Gasteiger partial charge in [-0.1, -0.05) is 23.7 Å².